The molecule has 0 atom stereocenters. The Kier molecular flexibility index (Phi) is 5.71. The van der Waals surface area contributed by atoms with Crippen molar-refractivity contribution in [2.75, 3.05) is 5.32 Å². The topological polar surface area (TPSA) is 79.8 Å². The van der Waals surface area contributed by atoms with Crippen molar-refractivity contribution in [1.29, 1.82) is 0 Å². The number of pyridine rings is 1. The summed E-state index contributed by atoms with van der Waals surface area (Å²) in [5, 5.41) is 6.25. The van der Waals surface area contributed by atoms with Gasteiger partial charge in [0.25, 0.3) is 5.91 Å². The fourth-order valence-corrected chi connectivity index (χ4v) is 2.91. The summed E-state index contributed by atoms with van der Waals surface area (Å²) in [6, 6.07) is 4.15. The summed E-state index contributed by atoms with van der Waals surface area (Å²) in [4.78, 5) is 24.8. The van der Waals surface area contributed by atoms with Crippen LogP contribution in [0.25, 0.3) is 0 Å². The summed E-state index contributed by atoms with van der Waals surface area (Å²) in [5.41, 5.74) is 1.43. The number of carbonyl (C=O) groups is 1. The highest BCUT2D eigenvalue weighted by atomic mass is 16.1. The van der Waals surface area contributed by atoms with Crippen LogP contribution in [0.1, 0.15) is 54.6 Å². The van der Waals surface area contributed by atoms with Crippen molar-refractivity contribution in [2.24, 2.45) is 0 Å². The van der Waals surface area contributed by atoms with Crippen LogP contribution in [0.2, 0.25) is 0 Å². The number of nitrogens with one attached hydrogen (secondary N) is 2. The van der Waals surface area contributed by atoms with Crippen LogP contribution >= 0.6 is 0 Å². The van der Waals surface area contributed by atoms with Gasteiger partial charge in [-0.1, -0.05) is 31.7 Å². The third-order valence-electron chi connectivity index (χ3n) is 4.27. The van der Waals surface area contributed by atoms with Gasteiger partial charge in [0.2, 0.25) is 0 Å². The molecule has 2 N–H and O–H groups in total. The van der Waals surface area contributed by atoms with Gasteiger partial charge in [-0.15, -0.1) is 0 Å². The van der Waals surface area contributed by atoms with Gasteiger partial charge < -0.3 is 10.6 Å². The fraction of sp³-hybridized carbons (Fsp3) is 0.444. The van der Waals surface area contributed by atoms with E-state index in [1.165, 1.54) is 31.9 Å². The minimum absolute atomic E-state index is 0.131. The third-order valence-corrected chi connectivity index (χ3v) is 4.27. The number of rotatable bonds is 5. The van der Waals surface area contributed by atoms with E-state index in [9.17, 15) is 4.79 Å². The Morgan fingerprint density at radius 1 is 1.08 bits per heavy atom. The predicted octanol–water partition coefficient (Wildman–Crippen LogP) is 2.94. The molecule has 2 heterocycles. The lowest BCUT2D eigenvalue weighted by atomic mass is 10.1. The van der Waals surface area contributed by atoms with Crippen LogP contribution in [0.4, 0.5) is 5.82 Å². The molecule has 0 unspecified atom stereocenters. The molecule has 126 valence electrons. The van der Waals surface area contributed by atoms with Crippen LogP contribution < -0.4 is 10.6 Å². The SMILES string of the molecule is O=C(NC1CCCCCC1)c1cnc(NCc2cccnc2)cn1. The number of carbonyl (C=O) groups excluding carboxylic acids is 1. The van der Waals surface area contributed by atoms with Crippen LogP contribution in [-0.2, 0) is 6.54 Å². The van der Waals surface area contributed by atoms with Crippen molar-refractivity contribution >= 4 is 11.7 Å². The first-order valence-electron chi connectivity index (χ1n) is 8.57. The number of anilines is 1. The highest BCUT2D eigenvalue weighted by molar-refractivity contribution is 5.92. The quantitative estimate of drug-likeness (QED) is 0.826. The van der Waals surface area contributed by atoms with Crippen molar-refractivity contribution in [3.63, 3.8) is 0 Å². The zero-order valence-corrected chi connectivity index (χ0v) is 13.7. The van der Waals surface area contributed by atoms with E-state index in [2.05, 4.69) is 25.6 Å². The summed E-state index contributed by atoms with van der Waals surface area (Å²) < 4.78 is 0. The maximum Gasteiger partial charge on any atom is 0.271 e. The molecule has 6 heteroatoms. The van der Waals surface area contributed by atoms with E-state index in [1.807, 2.05) is 12.1 Å². The average Bonchev–Trinajstić information content (AvgIpc) is 2.90. The molecule has 2 aromatic heterocycles. The molecule has 0 aliphatic heterocycles. The Morgan fingerprint density at radius 3 is 2.58 bits per heavy atom. The van der Waals surface area contributed by atoms with Gasteiger partial charge in [-0.3, -0.25) is 9.78 Å². The molecule has 0 spiro atoms. The molecular formula is C18H23N5O. The molecule has 1 fully saturated rings. The second-order valence-electron chi connectivity index (χ2n) is 6.16. The van der Waals surface area contributed by atoms with Crippen LogP contribution in [0, 0.1) is 0 Å². The maximum atomic E-state index is 12.3. The molecular weight excluding hydrogens is 302 g/mol. The van der Waals surface area contributed by atoms with Crippen molar-refractivity contribution in [3.8, 4) is 0 Å². The van der Waals surface area contributed by atoms with Gasteiger partial charge in [0.15, 0.2) is 0 Å². The monoisotopic (exact) mass is 325 g/mol. The average molecular weight is 325 g/mol. The first kappa shape index (κ1) is 16.4. The molecule has 6 nitrogen and oxygen atoms in total. The molecule has 1 aliphatic carbocycles. The summed E-state index contributed by atoms with van der Waals surface area (Å²) >= 11 is 0. The first-order chi connectivity index (χ1) is 11.8. The molecule has 1 saturated carbocycles. The van der Waals surface area contributed by atoms with Crippen molar-refractivity contribution in [3.05, 3.63) is 48.2 Å². The minimum Gasteiger partial charge on any atom is -0.365 e. The van der Waals surface area contributed by atoms with Crippen molar-refractivity contribution in [2.45, 2.75) is 51.1 Å². The molecule has 1 aliphatic rings. The van der Waals surface area contributed by atoms with E-state index < -0.39 is 0 Å². The van der Waals surface area contributed by atoms with Gasteiger partial charge >= 0.3 is 0 Å². The normalized spacial score (nSPS) is 15.5. The predicted molar refractivity (Wildman–Crippen MR) is 92.6 cm³/mol. The van der Waals surface area contributed by atoms with Crippen molar-refractivity contribution in [1.82, 2.24) is 20.3 Å². The largest absolute Gasteiger partial charge is 0.365 e. The van der Waals surface area contributed by atoms with Crippen LogP contribution in [0.3, 0.4) is 0 Å². The Balaban J connectivity index is 1.52. The summed E-state index contributed by atoms with van der Waals surface area (Å²) in [6.45, 7) is 0.621. The standard InChI is InChI=1S/C18H23N5O/c24-18(23-15-7-3-1-2-4-8-15)16-12-22-17(13-20-16)21-11-14-6-5-9-19-10-14/h5-6,9-10,12-13,15H,1-4,7-8,11H2,(H,21,22)(H,23,24). The van der Waals surface area contributed by atoms with Gasteiger partial charge in [0, 0.05) is 25.0 Å². The van der Waals surface area contributed by atoms with E-state index in [4.69, 9.17) is 0 Å². The summed E-state index contributed by atoms with van der Waals surface area (Å²) in [7, 11) is 0. The smallest absolute Gasteiger partial charge is 0.271 e. The first-order valence-corrected chi connectivity index (χ1v) is 8.57. The Labute approximate surface area is 142 Å². The van der Waals surface area contributed by atoms with Gasteiger partial charge in [0.1, 0.15) is 11.5 Å². The Bertz CT molecular complexity index is 636. The second kappa shape index (κ2) is 8.38. The molecule has 0 bridgehead atoms. The van der Waals surface area contributed by atoms with E-state index in [-0.39, 0.29) is 11.9 Å². The zero-order chi connectivity index (χ0) is 16.6. The lowest BCUT2D eigenvalue weighted by molar-refractivity contribution is 0.0928. The summed E-state index contributed by atoms with van der Waals surface area (Å²) in [5.74, 6) is 0.512. The molecule has 0 saturated heterocycles. The third kappa shape index (κ3) is 4.75. The zero-order valence-electron chi connectivity index (χ0n) is 13.7. The molecule has 0 radical (unpaired) electrons. The second-order valence-corrected chi connectivity index (χ2v) is 6.16. The number of hydrogen-bond donors (Lipinski definition) is 2. The number of nitrogens with zero attached hydrogens (tertiary/aromatic N) is 3. The molecule has 24 heavy (non-hydrogen) atoms. The number of amides is 1. The van der Waals surface area contributed by atoms with Crippen molar-refractivity contribution < 1.29 is 4.79 Å². The number of hydrogen-bond acceptors (Lipinski definition) is 5. The molecule has 1 amide bonds. The van der Waals surface area contributed by atoms with Crippen LogP contribution in [0.15, 0.2) is 36.9 Å². The number of aromatic nitrogens is 3. The van der Waals surface area contributed by atoms with Gasteiger partial charge in [-0.2, -0.15) is 0 Å². The van der Waals surface area contributed by atoms with Crippen LogP contribution in [-0.4, -0.2) is 26.9 Å². The van der Waals surface area contributed by atoms with E-state index in [0.717, 1.165) is 18.4 Å². The lowest BCUT2D eigenvalue weighted by Gasteiger charge is -2.15. The van der Waals surface area contributed by atoms with E-state index in [1.54, 1.807) is 18.6 Å². The Morgan fingerprint density at radius 2 is 1.92 bits per heavy atom. The van der Waals surface area contributed by atoms with E-state index >= 15 is 0 Å². The van der Waals surface area contributed by atoms with Crippen LogP contribution in [0.5, 0.6) is 0 Å². The summed E-state index contributed by atoms with van der Waals surface area (Å²) in [6.07, 6.45) is 13.7. The Hall–Kier alpha value is -2.50. The van der Waals surface area contributed by atoms with Gasteiger partial charge in [-0.05, 0) is 24.5 Å². The fourth-order valence-electron chi connectivity index (χ4n) is 2.91. The lowest BCUT2D eigenvalue weighted by Crippen LogP contribution is -2.34. The van der Waals surface area contributed by atoms with E-state index in [0.29, 0.717) is 18.1 Å². The highest BCUT2D eigenvalue weighted by Gasteiger charge is 2.16. The maximum absolute atomic E-state index is 12.3. The molecule has 0 aromatic carbocycles. The van der Waals surface area contributed by atoms with Gasteiger partial charge in [-0.25, -0.2) is 9.97 Å². The molecule has 2 aromatic rings. The van der Waals surface area contributed by atoms with Gasteiger partial charge in [0.05, 0.1) is 12.4 Å². The highest BCUT2D eigenvalue weighted by Crippen LogP contribution is 2.17. The minimum atomic E-state index is -0.131. The molecule has 3 rings (SSSR count).